The van der Waals surface area contributed by atoms with E-state index in [1.165, 1.54) is 14.7 Å². The number of halogens is 3. The maximum absolute atomic E-state index is 13.3. The first-order chi connectivity index (χ1) is 15.5. The van der Waals surface area contributed by atoms with Gasteiger partial charge in [0.2, 0.25) is 0 Å². The first kappa shape index (κ1) is 23.7. The molecule has 0 saturated heterocycles. The van der Waals surface area contributed by atoms with Crippen molar-refractivity contribution < 1.29 is 14.4 Å². The lowest BCUT2D eigenvalue weighted by molar-refractivity contribution is 0.0982. The first-order valence-corrected chi connectivity index (χ1v) is 12.2. The van der Waals surface area contributed by atoms with Gasteiger partial charge in [0, 0.05) is 68.3 Å². The fourth-order valence-electron chi connectivity index (χ4n) is 3.61. The third-order valence-electron chi connectivity index (χ3n) is 5.46. The SMILES string of the molecule is CN1C(=O)c2cc(Br)cc(c2)N(C)C(=O)c2cc(Br)cc(c2)N(C)C(=O)c2cc(Br)cc1c2. The molecule has 1 aliphatic heterocycles. The van der Waals surface area contributed by atoms with Crippen LogP contribution in [0.5, 0.6) is 0 Å². The van der Waals surface area contributed by atoms with E-state index in [0.29, 0.717) is 47.2 Å². The average molecular weight is 636 g/mol. The summed E-state index contributed by atoms with van der Waals surface area (Å²) in [6.45, 7) is 0. The Morgan fingerprint density at radius 1 is 0.455 bits per heavy atom. The van der Waals surface area contributed by atoms with Crippen molar-refractivity contribution in [3.05, 3.63) is 84.7 Å². The Balaban J connectivity index is 1.99. The summed E-state index contributed by atoms with van der Waals surface area (Å²) in [5.74, 6) is -0.829. The Kier molecular flexibility index (Phi) is 6.48. The van der Waals surface area contributed by atoms with E-state index in [1.54, 1.807) is 75.7 Å². The van der Waals surface area contributed by atoms with Gasteiger partial charge in [-0.15, -0.1) is 0 Å². The highest BCUT2D eigenvalue weighted by Gasteiger charge is 2.23. The molecule has 0 fully saturated rings. The smallest absolute Gasteiger partial charge is 0.258 e. The second kappa shape index (κ2) is 9.04. The van der Waals surface area contributed by atoms with E-state index in [1.807, 2.05) is 0 Å². The van der Waals surface area contributed by atoms with Crippen molar-refractivity contribution in [2.45, 2.75) is 0 Å². The van der Waals surface area contributed by atoms with Crippen LogP contribution in [0.4, 0.5) is 17.1 Å². The van der Waals surface area contributed by atoms with Gasteiger partial charge in [-0.1, -0.05) is 47.8 Å². The van der Waals surface area contributed by atoms with Gasteiger partial charge in [0.15, 0.2) is 0 Å². The summed E-state index contributed by atoms with van der Waals surface area (Å²) < 4.78 is 2.00. The number of amides is 3. The summed E-state index contributed by atoms with van der Waals surface area (Å²) in [6.07, 6.45) is 0. The third kappa shape index (κ3) is 4.62. The molecule has 1 aliphatic rings. The number of anilines is 3. The Bertz CT molecular complexity index is 1170. The highest BCUT2D eigenvalue weighted by Crippen LogP contribution is 2.31. The molecule has 0 atom stereocenters. The van der Waals surface area contributed by atoms with E-state index < -0.39 is 0 Å². The summed E-state index contributed by atoms with van der Waals surface area (Å²) in [7, 11) is 4.95. The summed E-state index contributed by atoms with van der Waals surface area (Å²) in [5.41, 5.74) is 2.87. The highest BCUT2D eigenvalue weighted by atomic mass is 79.9. The topological polar surface area (TPSA) is 60.9 Å². The molecular weight excluding hydrogens is 618 g/mol. The van der Waals surface area contributed by atoms with Crippen LogP contribution >= 0.6 is 47.8 Å². The fourth-order valence-corrected chi connectivity index (χ4v) is 5.05. The molecule has 4 rings (SSSR count). The maximum atomic E-state index is 13.3. The van der Waals surface area contributed by atoms with Crippen LogP contribution in [0.25, 0.3) is 0 Å². The Labute approximate surface area is 216 Å². The average Bonchev–Trinajstić information content (AvgIpc) is 2.79. The molecule has 0 aliphatic carbocycles. The van der Waals surface area contributed by atoms with E-state index in [9.17, 15) is 14.4 Å². The standard InChI is InChI=1S/C24H18Br3N3O3/c1-28-19-7-14(5-16(25)10-19)23(32)30(3)21-9-15(6-18(27)12-21)24(33)29(2)20-8-13(22(28)31)4-17(26)11-20/h4-12H,1-3H3. The number of benzene rings is 3. The fraction of sp³-hybridized carbons (Fsp3) is 0.125. The molecule has 3 aromatic carbocycles. The Morgan fingerprint density at radius 3 is 0.939 bits per heavy atom. The lowest BCUT2D eigenvalue weighted by Gasteiger charge is -2.21. The van der Waals surface area contributed by atoms with Gasteiger partial charge in [0.05, 0.1) is 0 Å². The number of rotatable bonds is 0. The van der Waals surface area contributed by atoms with Gasteiger partial charge in [0.1, 0.15) is 0 Å². The molecule has 0 saturated carbocycles. The minimum atomic E-state index is -0.276. The molecule has 1 heterocycles. The van der Waals surface area contributed by atoms with Gasteiger partial charge in [-0.05, 0) is 54.6 Å². The molecule has 6 bridgehead atoms. The quantitative estimate of drug-likeness (QED) is 0.299. The van der Waals surface area contributed by atoms with Crippen LogP contribution in [0.15, 0.2) is 68.0 Å². The van der Waals surface area contributed by atoms with E-state index in [0.717, 1.165) is 0 Å². The van der Waals surface area contributed by atoms with Crippen molar-refractivity contribution >= 4 is 82.6 Å². The van der Waals surface area contributed by atoms with E-state index >= 15 is 0 Å². The zero-order chi connectivity index (χ0) is 24.0. The second-order valence-electron chi connectivity index (χ2n) is 7.69. The van der Waals surface area contributed by atoms with E-state index in [-0.39, 0.29) is 17.7 Å². The van der Waals surface area contributed by atoms with E-state index in [2.05, 4.69) is 47.8 Å². The molecule has 33 heavy (non-hydrogen) atoms. The van der Waals surface area contributed by atoms with Crippen LogP contribution in [0.2, 0.25) is 0 Å². The minimum absolute atomic E-state index is 0.276. The lowest BCUT2D eigenvalue weighted by atomic mass is 10.1. The Morgan fingerprint density at radius 2 is 0.697 bits per heavy atom. The van der Waals surface area contributed by atoms with Crippen molar-refractivity contribution in [2.75, 3.05) is 35.8 Å². The van der Waals surface area contributed by atoms with Crippen molar-refractivity contribution in [1.82, 2.24) is 0 Å². The number of carbonyl (C=O) groups is 3. The summed E-state index contributed by atoms with van der Waals surface area (Å²) in [6, 6.07) is 15.5. The van der Waals surface area contributed by atoms with Gasteiger partial charge in [-0.25, -0.2) is 0 Å². The maximum Gasteiger partial charge on any atom is 0.258 e. The number of carbonyl (C=O) groups excluding carboxylic acids is 3. The van der Waals surface area contributed by atoms with Crippen molar-refractivity contribution in [2.24, 2.45) is 0 Å². The minimum Gasteiger partial charge on any atom is -0.311 e. The molecule has 6 nitrogen and oxygen atoms in total. The van der Waals surface area contributed by atoms with Crippen molar-refractivity contribution in [3.8, 4) is 0 Å². The monoisotopic (exact) mass is 633 g/mol. The predicted octanol–water partition coefficient (Wildman–Crippen LogP) is 6.12. The normalized spacial score (nSPS) is 14.4. The van der Waals surface area contributed by atoms with Crippen LogP contribution in [0.3, 0.4) is 0 Å². The molecule has 0 spiro atoms. The molecule has 0 aromatic heterocycles. The van der Waals surface area contributed by atoms with Gasteiger partial charge in [-0.2, -0.15) is 0 Å². The van der Waals surface area contributed by atoms with Gasteiger partial charge in [-0.3, -0.25) is 14.4 Å². The second-order valence-corrected chi connectivity index (χ2v) is 10.4. The highest BCUT2D eigenvalue weighted by molar-refractivity contribution is 9.11. The van der Waals surface area contributed by atoms with Crippen LogP contribution in [-0.2, 0) is 0 Å². The number of hydrogen-bond donors (Lipinski definition) is 0. The van der Waals surface area contributed by atoms with Crippen LogP contribution < -0.4 is 14.7 Å². The zero-order valence-electron chi connectivity index (χ0n) is 17.9. The molecule has 168 valence electrons. The molecule has 0 N–H and O–H groups in total. The molecular formula is C24H18Br3N3O3. The number of nitrogens with zero attached hydrogens (tertiary/aromatic N) is 3. The molecule has 0 radical (unpaired) electrons. The first-order valence-electron chi connectivity index (χ1n) is 9.81. The van der Waals surface area contributed by atoms with E-state index in [4.69, 9.17) is 0 Å². The summed E-state index contributed by atoms with van der Waals surface area (Å²) in [5, 5.41) is 0. The van der Waals surface area contributed by atoms with Gasteiger partial charge in [0.25, 0.3) is 17.7 Å². The zero-order valence-corrected chi connectivity index (χ0v) is 22.7. The summed E-state index contributed by atoms with van der Waals surface area (Å²) >= 11 is 10.4. The third-order valence-corrected chi connectivity index (χ3v) is 6.84. The molecule has 3 aromatic rings. The molecule has 9 heteroatoms. The van der Waals surface area contributed by atoms with Crippen LogP contribution in [0.1, 0.15) is 31.1 Å². The van der Waals surface area contributed by atoms with Crippen LogP contribution in [-0.4, -0.2) is 38.9 Å². The lowest BCUT2D eigenvalue weighted by Crippen LogP contribution is -2.28. The van der Waals surface area contributed by atoms with Gasteiger partial charge < -0.3 is 14.7 Å². The van der Waals surface area contributed by atoms with Gasteiger partial charge >= 0.3 is 0 Å². The molecule has 3 amide bonds. The Hall–Kier alpha value is -2.49. The largest absolute Gasteiger partial charge is 0.311 e. The van der Waals surface area contributed by atoms with Crippen molar-refractivity contribution in [1.29, 1.82) is 0 Å². The molecule has 0 unspecified atom stereocenters. The number of fused-ring (bicyclic) bond motifs is 6. The van der Waals surface area contributed by atoms with Crippen molar-refractivity contribution in [3.63, 3.8) is 0 Å². The predicted molar refractivity (Wildman–Crippen MR) is 141 cm³/mol. The summed E-state index contributed by atoms with van der Waals surface area (Å²) in [4.78, 5) is 44.4. The number of hydrogen-bond acceptors (Lipinski definition) is 3. The van der Waals surface area contributed by atoms with Crippen LogP contribution in [0, 0.1) is 0 Å².